The zero-order chi connectivity index (χ0) is 41.8. The van der Waals surface area contributed by atoms with Gasteiger partial charge in [-0.05, 0) is 46.4 Å². The highest BCUT2D eigenvalue weighted by atomic mass is 16.3. The summed E-state index contributed by atoms with van der Waals surface area (Å²) in [6, 6.07) is 24.2. The van der Waals surface area contributed by atoms with Gasteiger partial charge in [0.15, 0.2) is 0 Å². The molecule has 4 N–H and O–H groups in total. The lowest BCUT2D eigenvalue weighted by Gasteiger charge is -2.55. The number of amides is 6. The van der Waals surface area contributed by atoms with E-state index in [1.54, 1.807) is 62.4 Å². The number of anilines is 1. The second kappa shape index (κ2) is 17.0. The van der Waals surface area contributed by atoms with Crippen LogP contribution in [0.4, 0.5) is 15.4 Å². The molecule has 2 aliphatic heterocycles. The Hall–Kier alpha value is -6.67. The smallest absolute Gasteiger partial charge is 0.334 e. The number of urea groups is 2. The van der Waals surface area contributed by atoms with Crippen molar-refractivity contribution in [2.45, 2.75) is 52.5 Å². The summed E-state index contributed by atoms with van der Waals surface area (Å²) in [5.74, 6) is 0.0114. The van der Waals surface area contributed by atoms with Gasteiger partial charge < -0.3 is 30.1 Å². The van der Waals surface area contributed by atoms with Crippen LogP contribution >= 0.6 is 0 Å². The third-order valence-electron chi connectivity index (χ3n) is 10.6. The number of benzene rings is 3. The van der Waals surface area contributed by atoms with Gasteiger partial charge >= 0.3 is 12.1 Å². The predicted molar refractivity (Wildman–Crippen MR) is 227 cm³/mol. The van der Waals surface area contributed by atoms with Crippen molar-refractivity contribution in [3.63, 3.8) is 0 Å². The third kappa shape index (κ3) is 9.07. The summed E-state index contributed by atoms with van der Waals surface area (Å²) >= 11 is 0. The molecule has 5 aromatic rings. The van der Waals surface area contributed by atoms with Crippen LogP contribution in [0, 0.1) is 5.41 Å². The number of para-hydroxylation sites is 1. The van der Waals surface area contributed by atoms with E-state index in [0.29, 0.717) is 12.4 Å². The van der Waals surface area contributed by atoms with Gasteiger partial charge in [-0.3, -0.25) is 14.9 Å². The van der Waals surface area contributed by atoms with Crippen LogP contribution in [0.3, 0.4) is 0 Å². The fraction of sp³-hybridized carbons (Fsp3) is 0.311. The molecule has 4 heterocycles. The molecule has 0 bridgehead atoms. The summed E-state index contributed by atoms with van der Waals surface area (Å²) in [5, 5.41) is 22.9. The van der Waals surface area contributed by atoms with Crippen molar-refractivity contribution >= 4 is 40.6 Å². The number of nitrogens with one attached hydrogen (secondary N) is 3. The molecule has 2 saturated heterocycles. The number of phenols is 1. The molecule has 2 fully saturated rings. The molecular formula is C45H51N9O5. The second-order valence-electron chi connectivity index (χ2n) is 16.3. The molecule has 2 aliphatic rings. The summed E-state index contributed by atoms with van der Waals surface area (Å²) in [6.45, 7) is 11.2. The molecule has 7 rings (SSSR count). The lowest BCUT2D eigenvalue weighted by molar-refractivity contribution is -0.189. The number of rotatable bonds is 11. The fourth-order valence-electron chi connectivity index (χ4n) is 7.80. The number of fused-ring (bicyclic) bond motifs is 2. The maximum atomic E-state index is 14.7. The third-order valence-corrected chi connectivity index (χ3v) is 10.6. The van der Waals surface area contributed by atoms with E-state index in [-0.39, 0.29) is 68.2 Å². The quantitative estimate of drug-likeness (QED) is 0.122. The monoisotopic (exact) mass is 797 g/mol. The van der Waals surface area contributed by atoms with Crippen LogP contribution in [0.2, 0.25) is 0 Å². The Labute approximate surface area is 344 Å². The topological polar surface area (TPSA) is 155 Å². The van der Waals surface area contributed by atoms with Gasteiger partial charge in [-0.2, -0.15) is 0 Å². The maximum absolute atomic E-state index is 14.7. The first-order chi connectivity index (χ1) is 28.3. The maximum Gasteiger partial charge on any atom is 0.334 e. The normalized spacial score (nSPS) is 17.2. The summed E-state index contributed by atoms with van der Waals surface area (Å²) in [6.07, 6.45) is 4.77. The van der Waals surface area contributed by atoms with Crippen LogP contribution in [0.5, 0.6) is 5.75 Å². The molecule has 14 heteroatoms. The number of pyridine rings is 1. The number of aromatic hydroxyl groups is 1. The van der Waals surface area contributed by atoms with Crippen molar-refractivity contribution in [2.75, 3.05) is 31.5 Å². The van der Waals surface area contributed by atoms with Crippen molar-refractivity contribution < 1.29 is 24.3 Å². The van der Waals surface area contributed by atoms with Crippen LogP contribution in [-0.4, -0.2) is 96.7 Å². The fourth-order valence-corrected chi connectivity index (χ4v) is 7.80. The minimum absolute atomic E-state index is 0.0555. The van der Waals surface area contributed by atoms with E-state index in [1.807, 2.05) is 93.2 Å². The second-order valence-corrected chi connectivity index (χ2v) is 16.3. The number of hydrazine groups is 1. The first-order valence-corrected chi connectivity index (χ1v) is 19.7. The summed E-state index contributed by atoms with van der Waals surface area (Å²) < 4.78 is 2.03. The highest BCUT2D eigenvalue weighted by Crippen LogP contribution is 2.35. The predicted octanol–water partition coefficient (Wildman–Crippen LogP) is 5.85. The van der Waals surface area contributed by atoms with Crippen molar-refractivity contribution in [2.24, 2.45) is 12.5 Å². The van der Waals surface area contributed by atoms with Crippen LogP contribution < -0.4 is 16.0 Å². The van der Waals surface area contributed by atoms with E-state index in [2.05, 4.69) is 27.5 Å². The molecule has 59 heavy (non-hydrogen) atoms. The minimum atomic E-state index is -0.919. The molecule has 14 nitrogen and oxygen atoms in total. The molecule has 2 aromatic heterocycles. The van der Waals surface area contributed by atoms with Crippen molar-refractivity contribution in [1.29, 1.82) is 0 Å². The number of aryl methyl sites for hydroxylation is 1. The van der Waals surface area contributed by atoms with Crippen LogP contribution in [0.1, 0.15) is 37.5 Å². The van der Waals surface area contributed by atoms with Crippen molar-refractivity contribution in [1.82, 2.24) is 40.0 Å². The molecule has 3 aromatic carbocycles. The SMILES string of the molecule is C=CCN1CC(=O)N2[C@@H](Cc3ccc(O)cc3)C(=O)N(Cc3cccc4c(-c5ccc(NC(=O)NCC(C)(C)C)nc5)cn(C)c34)C[C@@H]2N1C(=O)NCc1ccccc1. The standard InChI is InChI=1S/C45H51N9O5/c1-6-21-52-28-40(56)53-37(22-30-15-18-34(55)19-16-30)42(57)51(27-39(53)54(52)44(59)47-23-31-11-8-7-9-12-31)25-33-13-10-14-35-36(26-50(5)41(33)35)32-17-20-38(46-24-32)49-43(58)48-29-45(2,3)4/h6-20,24,26,37,39,55H,1,21-23,25,27-29H2,2-5H3,(H,47,59)(H2,46,48,49,58)/t37-,39-/m0/s1. The molecule has 0 radical (unpaired) electrons. The van der Waals surface area contributed by atoms with E-state index < -0.39 is 18.2 Å². The summed E-state index contributed by atoms with van der Waals surface area (Å²) in [4.78, 5) is 63.3. The van der Waals surface area contributed by atoms with E-state index in [1.165, 1.54) is 0 Å². The number of nitrogens with zero attached hydrogens (tertiary/aromatic N) is 6. The van der Waals surface area contributed by atoms with Crippen LogP contribution in [0.15, 0.2) is 110 Å². The molecule has 0 unspecified atom stereocenters. The average molecular weight is 798 g/mol. The Morgan fingerprint density at radius 2 is 1.71 bits per heavy atom. The summed E-state index contributed by atoms with van der Waals surface area (Å²) in [5.41, 5.74) is 5.21. The first kappa shape index (κ1) is 40.5. The Bertz CT molecular complexity index is 2340. The van der Waals surface area contributed by atoms with Crippen LogP contribution in [0.25, 0.3) is 22.0 Å². The largest absolute Gasteiger partial charge is 0.508 e. The highest BCUT2D eigenvalue weighted by molar-refractivity contribution is 5.98. The average Bonchev–Trinajstić information content (AvgIpc) is 3.55. The van der Waals surface area contributed by atoms with Gasteiger partial charge in [-0.25, -0.2) is 24.6 Å². The van der Waals surface area contributed by atoms with Gasteiger partial charge in [0.2, 0.25) is 11.8 Å². The molecule has 2 atom stereocenters. The van der Waals surface area contributed by atoms with Gasteiger partial charge in [-0.15, -0.1) is 6.58 Å². The Morgan fingerprint density at radius 1 is 0.949 bits per heavy atom. The van der Waals surface area contributed by atoms with Gasteiger partial charge in [0.05, 0.1) is 18.6 Å². The van der Waals surface area contributed by atoms with E-state index in [4.69, 9.17) is 0 Å². The molecule has 0 spiro atoms. The van der Waals surface area contributed by atoms with Crippen molar-refractivity contribution in [3.8, 4) is 16.9 Å². The number of hydrogen-bond acceptors (Lipinski definition) is 7. The lowest BCUT2D eigenvalue weighted by atomic mass is 9.97. The van der Waals surface area contributed by atoms with E-state index >= 15 is 0 Å². The number of aromatic nitrogens is 2. The number of phenolic OH excluding ortho intramolecular Hbond substituents is 1. The number of hydrogen-bond donors (Lipinski definition) is 4. The van der Waals surface area contributed by atoms with Gasteiger partial charge in [0.25, 0.3) is 0 Å². The van der Waals surface area contributed by atoms with Gasteiger partial charge in [0.1, 0.15) is 23.8 Å². The molecule has 6 amide bonds. The minimum Gasteiger partial charge on any atom is -0.508 e. The number of carbonyl (C=O) groups is 4. The molecule has 0 aliphatic carbocycles. The molecular weight excluding hydrogens is 747 g/mol. The van der Waals surface area contributed by atoms with Crippen LogP contribution in [-0.2, 0) is 36.1 Å². The Morgan fingerprint density at radius 3 is 2.41 bits per heavy atom. The van der Waals surface area contributed by atoms with E-state index in [0.717, 1.165) is 38.7 Å². The Balaban J connectivity index is 1.20. The van der Waals surface area contributed by atoms with Gasteiger partial charge in [-0.1, -0.05) is 87.5 Å². The lowest BCUT2D eigenvalue weighted by Crippen LogP contribution is -2.76. The van der Waals surface area contributed by atoms with Gasteiger partial charge in [0, 0.05) is 68.6 Å². The van der Waals surface area contributed by atoms with Crippen molar-refractivity contribution in [3.05, 3.63) is 127 Å². The summed E-state index contributed by atoms with van der Waals surface area (Å²) in [7, 11) is 1.96. The molecule has 0 saturated carbocycles. The number of carbonyl (C=O) groups excluding carboxylic acids is 4. The molecule has 306 valence electrons. The Kier molecular flexibility index (Phi) is 11.7. The zero-order valence-corrected chi connectivity index (χ0v) is 33.9. The number of piperazine rings is 1. The zero-order valence-electron chi connectivity index (χ0n) is 33.9. The van der Waals surface area contributed by atoms with E-state index in [9.17, 15) is 24.3 Å². The highest BCUT2D eigenvalue weighted by Gasteiger charge is 2.51. The first-order valence-electron chi connectivity index (χ1n) is 19.7.